The number of nitrogens with zero attached hydrogens (tertiary/aromatic N) is 1. The van der Waals surface area contributed by atoms with Crippen molar-refractivity contribution in [2.24, 2.45) is 0 Å². The first kappa shape index (κ1) is 18.2. The number of nitrogens with one attached hydrogen (secondary N) is 1. The van der Waals surface area contributed by atoms with Crippen molar-refractivity contribution < 1.29 is 19.1 Å². The minimum atomic E-state index is -0.514. The summed E-state index contributed by atoms with van der Waals surface area (Å²) < 4.78 is 4.94. The van der Waals surface area contributed by atoms with Crippen molar-refractivity contribution in [3.8, 4) is 0 Å². The Labute approximate surface area is 148 Å². The van der Waals surface area contributed by atoms with Crippen molar-refractivity contribution in [3.63, 3.8) is 0 Å². The molecule has 0 spiro atoms. The molecule has 2 rings (SSSR count). The summed E-state index contributed by atoms with van der Waals surface area (Å²) in [4.78, 5) is 38.4. The number of amides is 2. The third-order valence-corrected chi connectivity index (χ3v) is 4.84. The minimum absolute atomic E-state index is 0.0268. The molecule has 0 saturated carbocycles. The lowest BCUT2D eigenvalue weighted by Crippen LogP contribution is -2.31. The monoisotopic (exact) mass is 366 g/mol. The molecule has 0 aromatic carbocycles. The standard InChI is InChI=1S/C16H18N2O4S2/c1-18(10-12-4-2-8-23-12)14(19)11-22-15(20)6-7-17-16(21)13-5-3-9-24-13/h2-5,8-9H,6-7,10-11H2,1H3,(H,17,21). The highest BCUT2D eigenvalue weighted by Gasteiger charge is 2.13. The number of thiophene rings is 2. The molecule has 0 fully saturated rings. The molecule has 0 aliphatic rings. The first-order chi connectivity index (χ1) is 11.6. The molecule has 1 N–H and O–H groups in total. The smallest absolute Gasteiger partial charge is 0.308 e. The maximum Gasteiger partial charge on any atom is 0.308 e. The van der Waals surface area contributed by atoms with Gasteiger partial charge in [-0.05, 0) is 22.9 Å². The van der Waals surface area contributed by atoms with Gasteiger partial charge < -0.3 is 15.0 Å². The van der Waals surface area contributed by atoms with E-state index in [4.69, 9.17) is 4.74 Å². The van der Waals surface area contributed by atoms with Crippen LogP contribution in [0.2, 0.25) is 0 Å². The first-order valence-electron chi connectivity index (χ1n) is 7.30. The number of carbonyl (C=O) groups excluding carboxylic acids is 3. The van der Waals surface area contributed by atoms with Crippen molar-refractivity contribution in [2.45, 2.75) is 13.0 Å². The van der Waals surface area contributed by atoms with Gasteiger partial charge in [-0.1, -0.05) is 12.1 Å². The van der Waals surface area contributed by atoms with Gasteiger partial charge in [0.1, 0.15) is 0 Å². The highest BCUT2D eigenvalue weighted by Crippen LogP contribution is 2.11. The van der Waals surface area contributed by atoms with Crippen LogP contribution in [0.5, 0.6) is 0 Å². The molecule has 0 bridgehead atoms. The molecule has 24 heavy (non-hydrogen) atoms. The molecule has 0 saturated heterocycles. The van der Waals surface area contributed by atoms with Crippen LogP contribution in [0.4, 0.5) is 0 Å². The second kappa shape index (κ2) is 9.19. The van der Waals surface area contributed by atoms with Crippen LogP contribution in [0.25, 0.3) is 0 Å². The quantitative estimate of drug-likeness (QED) is 0.726. The lowest BCUT2D eigenvalue weighted by molar-refractivity contribution is -0.151. The zero-order valence-corrected chi connectivity index (χ0v) is 14.8. The number of esters is 1. The van der Waals surface area contributed by atoms with Gasteiger partial charge in [-0.3, -0.25) is 14.4 Å². The number of hydrogen-bond donors (Lipinski definition) is 1. The summed E-state index contributed by atoms with van der Waals surface area (Å²) in [6.07, 6.45) is 0.0268. The fourth-order valence-electron chi connectivity index (χ4n) is 1.82. The van der Waals surface area contributed by atoms with Gasteiger partial charge in [0.25, 0.3) is 11.8 Å². The molecule has 8 heteroatoms. The molecule has 2 amide bonds. The van der Waals surface area contributed by atoms with E-state index in [-0.39, 0.29) is 31.4 Å². The van der Waals surface area contributed by atoms with Gasteiger partial charge >= 0.3 is 5.97 Å². The third-order valence-electron chi connectivity index (χ3n) is 3.12. The number of likely N-dealkylation sites (N-methyl/N-ethyl adjacent to an activating group) is 1. The number of rotatable bonds is 8. The fourth-order valence-corrected chi connectivity index (χ4v) is 3.22. The molecule has 0 radical (unpaired) electrons. The van der Waals surface area contributed by atoms with Crippen molar-refractivity contribution >= 4 is 40.5 Å². The molecule has 6 nitrogen and oxygen atoms in total. The Morgan fingerprint density at radius 2 is 1.92 bits per heavy atom. The van der Waals surface area contributed by atoms with E-state index in [1.54, 1.807) is 30.5 Å². The Morgan fingerprint density at radius 3 is 2.58 bits per heavy atom. The number of carbonyl (C=O) groups is 3. The van der Waals surface area contributed by atoms with Gasteiger partial charge in [0.15, 0.2) is 6.61 Å². The van der Waals surface area contributed by atoms with Crippen molar-refractivity contribution in [2.75, 3.05) is 20.2 Å². The summed E-state index contributed by atoms with van der Waals surface area (Å²) in [6, 6.07) is 7.35. The Morgan fingerprint density at radius 1 is 1.17 bits per heavy atom. The SMILES string of the molecule is CN(Cc1cccs1)C(=O)COC(=O)CCNC(=O)c1cccs1. The zero-order valence-electron chi connectivity index (χ0n) is 13.2. The van der Waals surface area contributed by atoms with Gasteiger partial charge in [0, 0.05) is 18.5 Å². The molecule has 2 aromatic heterocycles. The average Bonchev–Trinajstić information content (AvgIpc) is 3.25. The van der Waals surface area contributed by atoms with Crippen LogP contribution in [-0.4, -0.2) is 42.9 Å². The van der Waals surface area contributed by atoms with Crippen LogP contribution in [0.3, 0.4) is 0 Å². The van der Waals surface area contributed by atoms with Crippen LogP contribution >= 0.6 is 22.7 Å². The number of ether oxygens (including phenoxy) is 1. The van der Waals surface area contributed by atoms with Crippen LogP contribution in [0.1, 0.15) is 21.0 Å². The molecular weight excluding hydrogens is 348 g/mol. The normalized spacial score (nSPS) is 10.2. The van der Waals surface area contributed by atoms with Crippen molar-refractivity contribution in [3.05, 3.63) is 44.8 Å². The van der Waals surface area contributed by atoms with Gasteiger partial charge in [-0.2, -0.15) is 0 Å². The van der Waals surface area contributed by atoms with E-state index in [2.05, 4.69) is 5.32 Å². The zero-order chi connectivity index (χ0) is 17.4. The van der Waals surface area contributed by atoms with E-state index in [0.717, 1.165) is 4.88 Å². The van der Waals surface area contributed by atoms with Crippen LogP contribution in [-0.2, 0) is 20.9 Å². The maximum atomic E-state index is 11.9. The van der Waals surface area contributed by atoms with E-state index in [1.165, 1.54) is 16.2 Å². The number of hydrogen-bond acceptors (Lipinski definition) is 6. The van der Waals surface area contributed by atoms with E-state index >= 15 is 0 Å². The molecule has 2 aromatic rings. The van der Waals surface area contributed by atoms with E-state index in [9.17, 15) is 14.4 Å². The average molecular weight is 366 g/mol. The summed E-state index contributed by atoms with van der Waals surface area (Å²) in [5, 5.41) is 6.38. The Balaban J connectivity index is 1.62. The fraction of sp³-hybridized carbons (Fsp3) is 0.312. The Hall–Kier alpha value is -2.19. The van der Waals surface area contributed by atoms with Crippen LogP contribution in [0.15, 0.2) is 35.0 Å². The first-order valence-corrected chi connectivity index (χ1v) is 9.06. The Bertz CT molecular complexity index is 668. The largest absolute Gasteiger partial charge is 0.456 e. The molecule has 0 aliphatic heterocycles. The maximum absolute atomic E-state index is 11.9. The Kier molecular flexibility index (Phi) is 6.95. The van der Waals surface area contributed by atoms with Gasteiger partial charge in [0.05, 0.1) is 17.8 Å². The summed E-state index contributed by atoms with van der Waals surface area (Å²) in [6.45, 7) is 0.374. The summed E-state index contributed by atoms with van der Waals surface area (Å²) in [5.41, 5.74) is 0. The lowest BCUT2D eigenvalue weighted by Gasteiger charge is -2.16. The van der Waals surface area contributed by atoms with Crippen LogP contribution < -0.4 is 5.32 Å². The molecule has 128 valence electrons. The van der Waals surface area contributed by atoms with Gasteiger partial charge in [0.2, 0.25) is 0 Å². The molecular formula is C16H18N2O4S2. The minimum Gasteiger partial charge on any atom is -0.456 e. The van der Waals surface area contributed by atoms with E-state index in [0.29, 0.717) is 11.4 Å². The molecule has 2 heterocycles. The van der Waals surface area contributed by atoms with Gasteiger partial charge in [-0.15, -0.1) is 22.7 Å². The summed E-state index contributed by atoms with van der Waals surface area (Å²) in [7, 11) is 1.66. The van der Waals surface area contributed by atoms with E-state index in [1.807, 2.05) is 22.9 Å². The van der Waals surface area contributed by atoms with Crippen molar-refractivity contribution in [1.29, 1.82) is 0 Å². The predicted molar refractivity (Wildman–Crippen MR) is 93.0 cm³/mol. The summed E-state index contributed by atoms with van der Waals surface area (Å²) in [5.74, 6) is -0.997. The second-order valence-corrected chi connectivity index (χ2v) is 6.95. The summed E-state index contributed by atoms with van der Waals surface area (Å²) >= 11 is 2.90. The molecule has 0 unspecified atom stereocenters. The van der Waals surface area contributed by atoms with E-state index < -0.39 is 5.97 Å². The highest BCUT2D eigenvalue weighted by molar-refractivity contribution is 7.12. The van der Waals surface area contributed by atoms with Crippen molar-refractivity contribution in [1.82, 2.24) is 10.2 Å². The third kappa shape index (κ3) is 5.78. The predicted octanol–water partition coefficient (Wildman–Crippen LogP) is 2.13. The lowest BCUT2D eigenvalue weighted by atomic mass is 10.4. The second-order valence-electron chi connectivity index (χ2n) is 4.97. The topological polar surface area (TPSA) is 75.7 Å². The molecule has 0 aliphatic carbocycles. The van der Waals surface area contributed by atoms with Crippen LogP contribution in [0, 0.1) is 0 Å². The highest BCUT2D eigenvalue weighted by atomic mass is 32.1. The molecule has 0 atom stereocenters. The van der Waals surface area contributed by atoms with Gasteiger partial charge in [-0.25, -0.2) is 0 Å².